The topological polar surface area (TPSA) is 60.2 Å². The first-order valence-corrected chi connectivity index (χ1v) is 6.92. The molecule has 2 N–H and O–H groups in total. The zero-order valence-corrected chi connectivity index (χ0v) is 10.1. The Morgan fingerprint density at radius 3 is 2.33 bits per heavy atom. The Morgan fingerprint density at radius 1 is 1.22 bits per heavy atom. The van der Waals surface area contributed by atoms with E-state index in [0.717, 1.165) is 12.1 Å². The molecule has 1 aliphatic carbocycles. The average molecular weight is 279 g/mol. The van der Waals surface area contributed by atoms with Crippen molar-refractivity contribution in [2.45, 2.75) is 35.2 Å². The highest BCUT2D eigenvalue weighted by Crippen LogP contribution is 2.34. The van der Waals surface area contributed by atoms with Gasteiger partial charge in [-0.05, 0) is 31.0 Å². The third-order valence-corrected chi connectivity index (χ3v) is 5.23. The lowest BCUT2D eigenvalue weighted by Crippen LogP contribution is -2.44. The molecule has 0 aromatic heterocycles. The number of sulfone groups is 1. The molecule has 0 heterocycles. The van der Waals surface area contributed by atoms with Gasteiger partial charge in [0.05, 0.1) is 15.7 Å². The van der Waals surface area contributed by atoms with Gasteiger partial charge in [-0.25, -0.2) is 8.42 Å². The summed E-state index contributed by atoms with van der Waals surface area (Å²) in [5.41, 5.74) is 4.55. The van der Waals surface area contributed by atoms with Gasteiger partial charge in [-0.3, -0.25) is 0 Å². The number of halogens is 3. The van der Waals surface area contributed by atoms with Gasteiger partial charge in [0.25, 0.3) is 0 Å². The van der Waals surface area contributed by atoms with Crippen LogP contribution < -0.4 is 5.73 Å². The molecular weight excluding hydrogens is 267 g/mol. The summed E-state index contributed by atoms with van der Waals surface area (Å²) in [6.45, 7) is 0. The zero-order valence-electron chi connectivity index (χ0n) is 9.31. The van der Waals surface area contributed by atoms with Gasteiger partial charge in [-0.15, -0.1) is 0 Å². The van der Waals surface area contributed by atoms with E-state index in [1.54, 1.807) is 0 Å². The highest BCUT2D eigenvalue weighted by atomic mass is 32.2. The van der Waals surface area contributed by atoms with Crippen LogP contribution in [0.2, 0.25) is 0 Å². The van der Waals surface area contributed by atoms with E-state index in [0.29, 0.717) is 18.9 Å². The molecule has 0 radical (unpaired) electrons. The number of benzene rings is 1. The maximum absolute atomic E-state index is 12.5. The summed E-state index contributed by atoms with van der Waals surface area (Å²) >= 11 is 0. The third kappa shape index (κ3) is 2.37. The van der Waals surface area contributed by atoms with E-state index in [1.807, 2.05) is 0 Å². The van der Waals surface area contributed by atoms with Gasteiger partial charge in [-0.1, -0.05) is 6.07 Å². The van der Waals surface area contributed by atoms with Gasteiger partial charge in [0.15, 0.2) is 9.84 Å². The molecule has 0 bridgehead atoms. The molecule has 0 aliphatic heterocycles. The number of hydrogen-bond donors (Lipinski definition) is 1. The van der Waals surface area contributed by atoms with Crippen LogP contribution in [0.5, 0.6) is 0 Å². The molecule has 0 atom stereocenters. The molecule has 1 aromatic carbocycles. The molecule has 1 aliphatic rings. The van der Waals surface area contributed by atoms with Crippen LogP contribution in [0.1, 0.15) is 18.4 Å². The molecule has 7 heteroatoms. The second-order valence-electron chi connectivity index (χ2n) is 4.42. The first-order chi connectivity index (χ1) is 8.21. The maximum Gasteiger partial charge on any atom is 0.416 e. The Morgan fingerprint density at radius 2 is 1.83 bits per heavy atom. The highest BCUT2D eigenvalue weighted by Gasteiger charge is 2.39. The highest BCUT2D eigenvalue weighted by molar-refractivity contribution is 7.92. The molecule has 1 saturated carbocycles. The SMILES string of the molecule is N[C@H]1C[C@H](S(=O)(=O)c2cccc(C(F)(F)F)c2)C1. The van der Waals surface area contributed by atoms with Crippen molar-refractivity contribution in [3.63, 3.8) is 0 Å². The van der Waals surface area contributed by atoms with E-state index in [-0.39, 0.29) is 10.9 Å². The summed E-state index contributed by atoms with van der Waals surface area (Å²) in [6, 6.07) is 3.66. The van der Waals surface area contributed by atoms with E-state index in [9.17, 15) is 21.6 Å². The lowest BCUT2D eigenvalue weighted by molar-refractivity contribution is -0.137. The van der Waals surface area contributed by atoms with Gasteiger partial charge in [-0.2, -0.15) is 13.2 Å². The van der Waals surface area contributed by atoms with Crippen molar-refractivity contribution < 1.29 is 21.6 Å². The summed E-state index contributed by atoms with van der Waals surface area (Å²) in [4.78, 5) is -0.283. The molecule has 1 fully saturated rings. The van der Waals surface area contributed by atoms with E-state index in [1.165, 1.54) is 6.07 Å². The number of hydrogen-bond acceptors (Lipinski definition) is 3. The Labute approximate surface area is 103 Å². The normalized spacial score (nSPS) is 24.7. The predicted octanol–water partition coefficient (Wildman–Crippen LogP) is 1.97. The van der Waals surface area contributed by atoms with Gasteiger partial charge < -0.3 is 5.73 Å². The fourth-order valence-electron chi connectivity index (χ4n) is 1.90. The Kier molecular flexibility index (Phi) is 3.14. The minimum atomic E-state index is -4.54. The molecular formula is C11H12F3NO2S. The zero-order chi connectivity index (χ0) is 13.6. The molecule has 3 nitrogen and oxygen atoms in total. The van der Waals surface area contributed by atoms with Crippen LogP contribution in [0, 0.1) is 0 Å². The molecule has 18 heavy (non-hydrogen) atoms. The summed E-state index contributed by atoms with van der Waals surface area (Å²) in [7, 11) is -3.70. The summed E-state index contributed by atoms with van der Waals surface area (Å²) in [5.74, 6) is 0. The second kappa shape index (κ2) is 4.24. The molecule has 0 amide bonds. The van der Waals surface area contributed by atoms with E-state index in [2.05, 4.69) is 0 Å². The molecule has 100 valence electrons. The average Bonchev–Trinajstić information content (AvgIpc) is 2.24. The Bertz CT molecular complexity index is 548. The van der Waals surface area contributed by atoms with Crippen molar-refractivity contribution >= 4 is 9.84 Å². The predicted molar refractivity (Wildman–Crippen MR) is 59.6 cm³/mol. The van der Waals surface area contributed by atoms with Crippen molar-refractivity contribution in [2.24, 2.45) is 5.73 Å². The lowest BCUT2D eigenvalue weighted by atomic mass is 9.93. The van der Waals surface area contributed by atoms with Crippen molar-refractivity contribution in [3.05, 3.63) is 29.8 Å². The number of nitrogens with two attached hydrogens (primary N) is 1. The molecule has 0 saturated heterocycles. The van der Waals surface area contributed by atoms with Crippen LogP contribution >= 0.6 is 0 Å². The van der Waals surface area contributed by atoms with Gasteiger partial charge in [0.2, 0.25) is 0 Å². The maximum atomic E-state index is 12.5. The quantitative estimate of drug-likeness (QED) is 0.900. The standard InChI is InChI=1S/C11H12F3NO2S/c12-11(13,14)7-2-1-3-9(4-7)18(16,17)10-5-8(15)6-10/h1-4,8,10H,5-6,15H2/t8-,10-. The molecule has 0 unspecified atom stereocenters. The van der Waals surface area contributed by atoms with Gasteiger partial charge in [0.1, 0.15) is 0 Å². The van der Waals surface area contributed by atoms with Gasteiger partial charge in [0, 0.05) is 6.04 Å². The minimum Gasteiger partial charge on any atom is -0.328 e. The van der Waals surface area contributed by atoms with Crippen LogP contribution in [0.15, 0.2) is 29.2 Å². The summed E-state index contributed by atoms with van der Waals surface area (Å²) in [6.07, 6.45) is -3.93. The first kappa shape index (κ1) is 13.4. The number of alkyl halides is 3. The fourth-order valence-corrected chi connectivity index (χ4v) is 3.85. The van der Waals surface area contributed by atoms with Crippen LogP contribution in [0.25, 0.3) is 0 Å². The molecule has 1 aromatic rings. The van der Waals surface area contributed by atoms with E-state index in [4.69, 9.17) is 5.73 Å². The number of rotatable bonds is 2. The van der Waals surface area contributed by atoms with Gasteiger partial charge >= 0.3 is 6.18 Å². The molecule has 2 rings (SSSR count). The smallest absolute Gasteiger partial charge is 0.328 e. The van der Waals surface area contributed by atoms with Crippen molar-refractivity contribution in [2.75, 3.05) is 0 Å². The first-order valence-electron chi connectivity index (χ1n) is 5.38. The van der Waals surface area contributed by atoms with Crippen LogP contribution in [-0.4, -0.2) is 19.7 Å². The largest absolute Gasteiger partial charge is 0.416 e. The fraction of sp³-hybridized carbons (Fsp3) is 0.455. The van der Waals surface area contributed by atoms with Crippen LogP contribution in [0.4, 0.5) is 13.2 Å². The van der Waals surface area contributed by atoms with E-state index < -0.39 is 26.8 Å². The third-order valence-electron chi connectivity index (χ3n) is 3.06. The summed E-state index contributed by atoms with van der Waals surface area (Å²) in [5, 5.41) is -0.656. The Balaban J connectivity index is 2.34. The minimum absolute atomic E-state index is 0.171. The lowest BCUT2D eigenvalue weighted by Gasteiger charge is -2.31. The van der Waals surface area contributed by atoms with Crippen molar-refractivity contribution in [3.8, 4) is 0 Å². The van der Waals surface area contributed by atoms with Crippen LogP contribution in [-0.2, 0) is 16.0 Å². The summed E-state index contributed by atoms with van der Waals surface area (Å²) < 4.78 is 61.5. The van der Waals surface area contributed by atoms with E-state index >= 15 is 0 Å². The monoisotopic (exact) mass is 279 g/mol. The molecule has 0 spiro atoms. The van der Waals surface area contributed by atoms with Crippen molar-refractivity contribution in [1.29, 1.82) is 0 Å². The Hall–Kier alpha value is -1.08. The van der Waals surface area contributed by atoms with Crippen LogP contribution in [0.3, 0.4) is 0 Å². The second-order valence-corrected chi connectivity index (χ2v) is 6.65. The van der Waals surface area contributed by atoms with Crippen molar-refractivity contribution in [1.82, 2.24) is 0 Å².